The molecule has 1 aromatic carbocycles. The summed E-state index contributed by atoms with van der Waals surface area (Å²) in [6, 6.07) is 11.0. The predicted octanol–water partition coefficient (Wildman–Crippen LogP) is 4.50. The van der Waals surface area contributed by atoms with E-state index in [2.05, 4.69) is 46.3 Å². The van der Waals surface area contributed by atoms with Crippen molar-refractivity contribution in [3.63, 3.8) is 0 Å². The van der Waals surface area contributed by atoms with Crippen molar-refractivity contribution < 1.29 is 0 Å². The van der Waals surface area contributed by atoms with Crippen LogP contribution in [0.2, 0.25) is 0 Å². The Morgan fingerprint density at radius 2 is 1.67 bits per heavy atom. The molecule has 1 unspecified atom stereocenters. The minimum Gasteiger partial charge on any atom is -0.0884 e. The van der Waals surface area contributed by atoms with Crippen molar-refractivity contribution in [2.45, 2.75) is 42.8 Å². The molecule has 2 saturated carbocycles. The van der Waals surface area contributed by atoms with Crippen LogP contribution in [0.15, 0.2) is 30.3 Å². The second-order valence-corrected chi connectivity index (χ2v) is 6.32. The summed E-state index contributed by atoms with van der Waals surface area (Å²) in [6.07, 6.45) is 7.08. The van der Waals surface area contributed by atoms with E-state index in [0.717, 1.165) is 10.7 Å². The third-order valence-corrected chi connectivity index (χ3v) is 5.64. The average Bonchev–Trinajstić information content (AvgIpc) is 2.91. The van der Waals surface area contributed by atoms with E-state index in [1.54, 1.807) is 5.56 Å². The van der Waals surface area contributed by atoms with Gasteiger partial charge in [0.2, 0.25) is 0 Å². The molecule has 0 saturated heterocycles. The van der Waals surface area contributed by atoms with Gasteiger partial charge in [0, 0.05) is 4.83 Å². The minimum atomic E-state index is 0.714. The normalized spacial score (nSPS) is 39.3. The van der Waals surface area contributed by atoms with Gasteiger partial charge in [-0.2, -0.15) is 0 Å². The summed E-state index contributed by atoms with van der Waals surface area (Å²) in [5.74, 6) is 0.831. The van der Waals surface area contributed by atoms with E-state index >= 15 is 0 Å². The summed E-state index contributed by atoms with van der Waals surface area (Å²) in [6.45, 7) is 0. The first-order chi connectivity index (χ1) is 7.30. The predicted molar refractivity (Wildman–Crippen MR) is 67.4 cm³/mol. The number of alkyl halides is 1. The summed E-state index contributed by atoms with van der Waals surface area (Å²) < 4.78 is 0. The van der Waals surface area contributed by atoms with Gasteiger partial charge in [-0.1, -0.05) is 46.3 Å². The zero-order chi connectivity index (χ0) is 10.3. The molecule has 1 aromatic rings. The van der Waals surface area contributed by atoms with Crippen molar-refractivity contribution >= 4 is 15.9 Å². The van der Waals surface area contributed by atoms with E-state index in [1.807, 2.05) is 0 Å². The molecule has 0 aliphatic heterocycles. The Labute approximate surface area is 100 Å². The van der Waals surface area contributed by atoms with Gasteiger partial charge in [0.15, 0.2) is 0 Å². The van der Waals surface area contributed by atoms with Crippen molar-refractivity contribution in [1.82, 2.24) is 0 Å². The quantitative estimate of drug-likeness (QED) is 0.656. The molecule has 1 heteroatoms. The third kappa shape index (κ3) is 1.75. The van der Waals surface area contributed by atoms with Crippen LogP contribution in [0.1, 0.15) is 43.6 Å². The molecule has 3 rings (SSSR count). The van der Waals surface area contributed by atoms with Crippen LogP contribution in [-0.2, 0) is 0 Å². The number of rotatable bonds is 1. The molecule has 0 radical (unpaired) electrons. The Kier molecular flexibility index (Phi) is 2.39. The Balaban J connectivity index is 1.68. The molecule has 0 amide bonds. The summed E-state index contributed by atoms with van der Waals surface area (Å²) in [4.78, 5) is 0.835. The molecular formula is C14H17Br. The molecular weight excluding hydrogens is 248 g/mol. The molecule has 1 atom stereocenters. The Morgan fingerprint density at radius 3 is 2.20 bits per heavy atom. The van der Waals surface area contributed by atoms with Gasteiger partial charge in [-0.05, 0) is 49.0 Å². The number of hydrogen-bond donors (Lipinski definition) is 0. The van der Waals surface area contributed by atoms with Gasteiger partial charge in [-0.25, -0.2) is 0 Å². The molecule has 15 heavy (non-hydrogen) atoms. The van der Waals surface area contributed by atoms with Crippen molar-refractivity contribution in [2.24, 2.45) is 5.41 Å². The van der Waals surface area contributed by atoms with E-state index in [4.69, 9.17) is 0 Å². The smallest absolute Gasteiger partial charge is 0.0208 e. The van der Waals surface area contributed by atoms with Crippen LogP contribution in [0, 0.1) is 5.41 Å². The maximum absolute atomic E-state index is 3.78. The van der Waals surface area contributed by atoms with Gasteiger partial charge in [0.05, 0.1) is 0 Å². The highest BCUT2D eigenvalue weighted by Crippen LogP contribution is 2.62. The summed E-state index contributed by atoms with van der Waals surface area (Å²) in [7, 11) is 0. The molecule has 0 heterocycles. The van der Waals surface area contributed by atoms with Gasteiger partial charge in [-0.15, -0.1) is 0 Å². The number of benzene rings is 1. The van der Waals surface area contributed by atoms with E-state index in [9.17, 15) is 0 Å². The lowest BCUT2D eigenvalue weighted by Gasteiger charge is -2.29. The Morgan fingerprint density at radius 1 is 1.07 bits per heavy atom. The maximum Gasteiger partial charge on any atom is 0.0208 e. The summed E-state index contributed by atoms with van der Waals surface area (Å²) in [5.41, 5.74) is 2.27. The van der Waals surface area contributed by atoms with E-state index < -0.39 is 0 Å². The fraction of sp³-hybridized carbons (Fsp3) is 0.571. The molecule has 0 N–H and O–H groups in total. The zero-order valence-corrected chi connectivity index (χ0v) is 10.5. The Hall–Kier alpha value is -0.300. The van der Waals surface area contributed by atoms with Crippen molar-refractivity contribution in [3.8, 4) is 0 Å². The van der Waals surface area contributed by atoms with Crippen LogP contribution in [0.5, 0.6) is 0 Å². The fourth-order valence-corrected chi connectivity index (χ4v) is 4.17. The summed E-state index contributed by atoms with van der Waals surface area (Å²) in [5, 5.41) is 0. The molecule has 0 aromatic heterocycles. The van der Waals surface area contributed by atoms with Crippen LogP contribution in [-0.4, -0.2) is 4.83 Å². The summed E-state index contributed by atoms with van der Waals surface area (Å²) >= 11 is 3.78. The van der Waals surface area contributed by atoms with Gasteiger partial charge in [-0.3, -0.25) is 0 Å². The zero-order valence-electron chi connectivity index (χ0n) is 8.95. The van der Waals surface area contributed by atoms with E-state index in [0.29, 0.717) is 5.41 Å². The molecule has 1 spiro atoms. The second-order valence-electron chi connectivity index (χ2n) is 5.22. The van der Waals surface area contributed by atoms with E-state index in [1.165, 1.54) is 32.1 Å². The fourth-order valence-electron chi connectivity index (χ4n) is 3.07. The highest BCUT2D eigenvalue weighted by atomic mass is 79.9. The lowest BCUT2D eigenvalue weighted by atomic mass is 9.77. The SMILES string of the molecule is BrC1CC12CCC(c1ccccc1)CC2. The van der Waals surface area contributed by atoms with Crippen LogP contribution in [0.25, 0.3) is 0 Å². The minimum absolute atomic E-state index is 0.714. The van der Waals surface area contributed by atoms with Crippen molar-refractivity contribution in [1.29, 1.82) is 0 Å². The lowest BCUT2D eigenvalue weighted by Crippen LogP contribution is -2.15. The van der Waals surface area contributed by atoms with Crippen LogP contribution >= 0.6 is 15.9 Å². The van der Waals surface area contributed by atoms with Crippen LogP contribution in [0.4, 0.5) is 0 Å². The Bertz CT molecular complexity index is 336. The lowest BCUT2D eigenvalue weighted by molar-refractivity contribution is 0.308. The first kappa shape index (κ1) is 9.89. The standard InChI is InChI=1S/C14H17Br/c15-13-10-14(13)8-6-12(7-9-14)11-4-2-1-3-5-11/h1-5,12-13H,6-10H2. The average molecular weight is 265 g/mol. The second kappa shape index (κ2) is 3.62. The first-order valence-electron chi connectivity index (χ1n) is 5.99. The van der Waals surface area contributed by atoms with E-state index in [-0.39, 0.29) is 0 Å². The molecule has 2 aliphatic rings. The van der Waals surface area contributed by atoms with Gasteiger partial charge < -0.3 is 0 Å². The monoisotopic (exact) mass is 264 g/mol. The molecule has 0 nitrogen and oxygen atoms in total. The largest absolute Gasteiger partial charge is 0.0884 e. The first-order valence-corrected chi connectivity index (χ1v) is 6.91. The molecule has 80 valence electrons. The van der Waals surface area contributed by atoms with Crippen LogP contribution < -0.4 is 0 Å². The van der Waals surface area contributed by atoms with Crippen LogP contribution in [0.3, 0.4) is 0 Å². The topological polar surface area (TPSA) is 0 Å². The highest BCUT2D eigenvalue weighted by molar-refractivity contribution is 9.09. The van der Waals surface area contributed by atoms with Gasteiger partial charge >= 0.3 is 0 Å². The van der Waals surface area contributed by atoms with Gasteiger partial charge in [0.25, 0.3) is 0 Å². The maximum atomic E-state index is 3.78. The molecule has 0 bridgehead atoms. The third-order valence-electron chi connectivity index (χ3n) is 4.34. The van der Waals surface area contributed by atoms with Crippen molar-refractivity contribution in [3.05, 3.63) is 35.9 Å². The van der Waals surface area contributed by atoms with Crippen molar-refractivity contribution in [2.75, 3.05) is 0 Å². The number of halogens is 1. The molecule has 2 fully saturated rings. The van der Waals surface area contributed by atoms with Gasteiger partial charge in [0.1, 0.15) is 0 Å². The molecule has 2 aliphatic carbocycles. The number of hydrogen-bond acceptors (Lipinski definition) is 0. The highest BCUT2D eigenvalue weighted by Gasteiger charge is 2.53.